The minimum absolute atomic E-state index is 0.100. The number of carbonyl (C=O) groups is 2. The highest BCUT2D eigenvalue weighted by molar-refractivity contribution is 5.70. The maximum atomic E-state index is 12.9. The molecule has 0 aliphatic rings. The van der Waals surface area contributed by atoms with E-state index in [2.05, 4.69) is 4.74 Å². The summed E-state index contributed by atoms with van der Waals surface area (Å²) in [5, 5.41) is 10.3. The van der Waals surface area contributed by atoms with Crippen molar-refractivity contribution in [1.29, 1.82) is 0 Å². The van der Waals surface area contributed by atoms with Gasteiger partial charge in [0, 0.05) is 19.0 Å². The molecule has 1 aromatic carbocycles. The highest BCUT2D eigenvalue weighted by atomic mass is 19.2. The van der Waals surface area contributed by atoms with Crippen molar-refractivity contribution in [1.82, 2.24) is 0 Å². The fourth-order valence-electron chi connectivity index (χ4n) is 1.25. The molecule has 0 N–H and O–H groups in total. The van der Waals surface area contributed by atoms with E-state index >= 15 is 0 Å². The number of aliphatic carboxylic acids is 1. The Kier molecular flexibility index (Phi) is 4.14. The molecule has 0 aromatic heterocycles. The zero-order valence-corrected chi connectivity index (χ0v) is 8.96. The van der Waals surface area contributed by atoms with E-state index in [1.54, 1.807) is 0 Å². The minimum atomic E-state index is -1.33. The van der Waals surface area contributed by atoms with Gasteiger partial charge in [-0.1, -0.05) is 0 Å². The van der Waals surface area contributed by atoms with Crippen LogP contribution in [0.4, 0.5) is 8.78 Å². The molecule has 0 radical (unpaired) electrons. The van der Waals surface area contributed by atoms with E-state index in [0.29, 0.717) is 6.07 Å². The van der Waals surface area contributed by atoms with Crippen LogP contribution < -0.4 is 9.84 Å². The van der Waals surface area contributed by atoms with Gasteiger partial charge in [-0.05, 0) is 24.5 Å². The molecule has 92 valence electrons. The molecule has 4 nitrogen and oxygen atoms in total. The number of rotatable bonds is 4. The molecule has 0 aliphatic heterocycles. The third-order valence-electron chi connectivity index (χ3n) is 1.96. The lowest BCUT2D eigenvalue weighted by atomic mass is 10.1. The van der Waals surface area contributed by atoms with Gasteiger partial charge in [0.25, 0.3) is 0 Å². The van der Waals surface area contributed by atoms with Crippen molar-refractivity contribution in [2.24, 2.45) is 0 Å². The summed E-state index contributed by atoms with van der Waals surface area (Å²) in [6.07, 6.45) is -0.485. The lowest BCUT2D eigenvalue weighted by molar-refractivity contribution is -0.305. The summed E-state index contributed by atoms with van der Waals surface area (Å²) >= 11 is 0. The van der Waals surface area contributed by atoms with Crippen LogP contribution in [0.5, 0.6) is 5.75 Å². The number of hydrogen-bond acceptors (Lipinski definition) is 4. The third kappa shape index (κ3) is 3.82. The Bertz CT molecular complexity index is 457. The maximum Gasteiger partial charge on any atom is 0.308 e. The summed E-state index contributed by atoms with van der Waals surface area (Å²) < 4.78 is 30.5. The first-order chi connectivity index (χ1) is 7.90. The SMILES string of the molecule is CC(=O)Oc1cc(F)c(F)cc1CCC(=O)[O-]. The minimum Gasteiger partial charge on any atom is -0.550 e. The van der Waals surface area contributed by atoms with Crippen LogP contribution in [-0.4, -0.2) is 11.9 Å². The standard InChI is InChI=1S/C11H10F2O4/c1-6(14)17-10-5-9(13)8(12)4-7(10)2-3-11(15)16/h4-5H,2-3H2,1H3,(H,15,16)/p-1. The van der Waals surface area contributed by atoms with Gasteiger partial charge in [-0.3, -0.25) is 4.79 Å². The van der Waals surface area contributed by atoms with Gasteiger partial charge in [0.15, 0.2) is 11.6 Å². The summed E-state index contributed by atoms with van der Waals surface area (Å²) in [5.74, 6) is -4.51. The number of aryl methyl sites for hydroxylation is 1. The number of carboxylic acid groups (broad SMARTS) is 1. The van der Waals surface area contributed by atoms with Gasteiger partial charge >= 0.3 is 5.97 Å². The number of hydrogen-bond donors (Lipinski definition) is 0. The Balaban J connectivity index is 3.02. The summed E-state index contributed by atoms with van der Waals surface area (Å²) in [6.45, 7) is 1.10. The van der Waals surface area contributed by atoms with E-state index in [1.807, 2.05) is 0 Å². The molecule has 0 saturated heterocycles. The molecule has 0 saturated carbocycles. The Morgan fingerprint density at radius 2 is 1.88 bits per heavy atom. The van der Waals surface area contributed by atoms with Gasteiger partial charge in [-0.25, -0.2) is 8.78 Å². The van der Waals surface area contributed by atoms with E-state index in [1.165, 1.54) is 0 Å². The Labute approximate surface area is 95.8 Å². The predicted molar refractivity (Wildman–Crippen MR) is 51.0 cm³/mol. The number of benzene rings is 1. The summed E-state index contributed by atoms with van der Waals surface area (Å²) in [6, 6.07) is 1.51. The van der Waals surface area contributed by atoms with Crippen LogP contribution in [0.1, 0.15) is 18.9 Å². The first kappa shape index (κ1) is 13.1. The molecule has 0 amide bonds. The van der Waals surface area contributed by atoms with Gasteiger partial charge in [-0.15, -0.1) is 0 Å². The second kappa shape index (κ2) is 5.38. The number of ether oxygens (including phenoxy) is 1. The maximum absolute atomic E-state index is 12.9. The number of halogens is 2. The molecule has 0 heterocycles. The molecule has 0 bridgehead atoms. The largest absolute Gasteiger partial charge is 0.550 e. The zero-order chi connectivity index (χ0) is 13.0. The Morgan fingerprint density at radius 3 is 2.41 bits per heavy atom. The molecular formula is C11H9F2O4-. The van der Waals surface area contributed by atoms with Crippen LogP contribution in [0.15, 0.2) is 12.1 Å². The Morgan fingerprint density at radius 1 is 1.29 bits per heavy atom. The summed E-state index contributed by atoms with van der Waals surface area (Å²) in [4.78, 5) is 21.0. The molecule has 6 heteroatoms. The second-order valence-electron chi connectivity index (χ2n) is 3.34. The van der Waals surface area contributed by atoms with Crippen molar-refractivity contribution < 1.29 is 28.2 Å². The average Bonchev–Trinajstić information content (AvgIpc) is 2.20. The summed E-state index contributed by atoms with van der Waals surface area (Å²) in [7, 11) is 0. The molecule has 0 aliphatic carbocycles. The van der Waals surface area contributed by atoms with Crippen LogP contribution in [0.25, 0.3) is 0 Å². The molecule has 0 fully saturated rings. The van der Waals surface area contributed by atoms with Crippen molar-refractivity contribution in [3.8, 4) is 5.75 Å². The van der Waals surface area contributed by atoms with Crippen LogP contribution in [0, 0.1) is 11.6 Å². The second-order valence-corrected chi connectivity index (χ2v) is 3.34. The van der Waals surface area contributed by atoms with Gasteiger partial charge in [0.2, 0.25) is 0 Å². The highest BCUT2D eigenvalue weighted by Gasteiger charge is 2.12. The van der Waals surface area contributed by atoms with Gasteiger partial charge in [0.05, 0.1) is 0 Å². The van der Waals surface area contributed by atoms with Crippen LogP contribution in [-0.2, 0) is 16.0 Å². The average molecular weight is 243 g/mol. The van der Waals surface area contributed by atoms with Crippen molar-refractivity contribution in [2.45, 2.75) is 19.8 Å². The zero-order valence-electron chi connectivity index (χ0n) is 8.96. The lowest BCUT2D eigenvalue weighted by Gasteiger charge is -2.10. The first-order valence-electron chi connectivity index (χ1n) is 4.76. The van der Waals surface area contributed by atoms with E-state index in [4.69, 9.17) is 0 Å². The lowest BCUT2D eigenvalue weighted by Crippen LogP contribution is -2.22. The molecule has 1 aromatic rings. The fourth-order valence-corrected chi connectivity index (χ4v) is 1.25. The molecular weight excluding hydrogens is 234 g/mol. The van der Waals surface area contributed by atoms with Crippen molar-refractivity contribution in [3.05, 3.63) is 29.3 Å². The molecule has 0 unspecified atom stereocenters. The molecule has 0 spiro atoms. The van der Waals surface area contributed by atoms with Gasteiger partial charge in [-0.2, -0.15) is 0 Å². The summed E-state index contributed by atoms with van der Waals surface area (Å²) in [5.41, 5.74) is 0.100. The first-order valence-corrected chi connectivity index (χ1v) is 4.76. The van der Waals surface area contributed by atoms with E-state index in [-0.39, 0.29) is 24.2 Å². The molecule has 1 rings (SSSR count). The number of carboxylic acids is 1. The smallest absolute Gasteiger partial charge is 0.308 e. The van der Waals surface area contributed by atoms with Crippen molar-refractivity contribution in [2.75, 3.05) is 0 Å². The van der Waals surface area contributed by atoms with Crippen LogP contribution in [0.2, 0.25) is 0 Å². The highest BCUT2D eigenvalue weighted by Crippen LogP contribution is 2.23. The van der Waals surface area contributed by atoms with E-state index < -0.39 is 23.6 Å². The fraction of sp³-hybridized carbons (Fsp3) is 0.273. The van der Waals surface area contributed by atoms with Crippen molar-refractivity contribution in [3.63, 3.8) is 0 Å². The normalized spacial score (nSPS) is 10.1. The topological polar surface area (TPSA) is 66.4 Å². The predicted octanol–water partition coefficient (Wildman–Crippen LogP) is 0.573. The van der Waals surface area contributed by atoms with Gasteiger partial charge < -0.3 is 14.6 Å². The quantitative estimate of drug-likeness (QED) is 0.573. The monoisotopic (exact) mass is 243 g/mol. The Hall–Kier alpha value is -1.98. The number of esters is 1. The van der Waals surface area contributed by atoms with Crippen LogP contribution >= 0.6 is 0 Å². The van der Waals surface area contributed by atoms with Crippen LogP contribution in [0.3, 0.4) is 0 Å². The van der Waals surface area contributed by atoms with E-state index in [0.717, 1.165) is 13.0 Å². The number of carbonyl (C=O) groups excluding carboxylic acids is 2. The van der Waals surface area contributed by atoms with E-state index in [9.17, 15) is 23.5 Å². The van der Waals surface area contributed by atoms with Gasteiger partial charge in [0.1, 0.15) is 5.75 Å². The molecule has 17 heavy (non-hydrogen) atoms. The van der Waals surface area contributed by atoms with Crippen molar-refractivity contribution >= 4 is 11.9 Å². The third-order valence-corrected chi connectivity index (χ3v) is 1.96. The molecule has 0 atom stereocenters.